The molecule has 0 atom stereocenters. The molecule has 3 aromatic heterocycles. The number of rotatable bonds is 6. The van der Waals surface area contributed by atoms with Crippen LogP contribution < -0.4 is 0 Å². The van der Waals surface area contributed by atoms with E-state index in [-0.39, 0.29) is 0 Å². The van der Waals surface area contributed by atoms with Crippen molar-refractivity contribution < 1.29 is 0 Å². The Morgan fingerprint density at radius 2 is 0.820 bits per heavy atom. The highest BCUT2D eigenvalue weighted by molar-refractivity contribution is 6.25. The Hall–Kier alpha value is -8.21. The van der Waals surface area contributed by atoms with E-state index in [0.717, 1.165) is 78.0 Å². The summed E-state index contributed by atoms with van der Waals surface area (Å²) >= 11 is 0. The normalized spacial score (nSPS) is 11.6. The van der Waals surface area contributed by atoms with Crippen molar-refractivity contribution in [3.05, 3.63) is 218 Å². The summed E-state index contributed by atoms with van der Waals surface area (Å²) in [5.74, 6) is 0.681. The third kappa shape index (κ3) is 5.88. The third-order valence-electron chi connectivity index (χ3n) is 12.0. The van der Waals surface area contributed by atoms with Crippen molar-refractivity contribution in [1.82, 2.24) is 19.6 Å². The lowest BCUT2D eigenvalue weighted by molar-refractivity contribution is 0.979. The summed E-state index contributed by atoms with van der Waals surface area (Å²) in [7, 11) is 0. The van der Waals surface area contributed by atoms with E-state index >= 15 is 0 Å². The van der Waals surface area contributed by atoms with Crippen molar-refractivity contribution in [3.8, 4) is 67.5 Å². The van der Waals surface area contributed by atoms with Crippen LogP contribution >= 0.6 is 0 Å². The minimum atomic E-state index is 0.681. The molecule has 0 unspecified atom stereocenters. The van der Waals surface area contributed by atoms with Crippen molar-refractivity contribution in [2.75, 3.05) is 0 Å². The Balaban J connectivity index is 1.09. The highest BCUT2D eigenvalue weighted by Gasteiger charge is 2.22. The maximum Gasteiger partial charge on any atom is 0.160 e. The first-order valence-corrected chi connectivity index (χ1v) is 20.7. The molecule has 0 aliphatic heterocycles. The number of pyridine rings is 1. The minimum absolute atomic E-state index is 0.681. The monoisotopic (exact) mass is 776 g/mol. The van der Waals surface area contributed by atoms with Crippen LogP contribution in [0.1, 0.15) is 0 Å². The first-order chi connectivity index (χ1) is 30.2. The summed E-state index contributed by atoms with van der Waals surface area (Å²) < 4.78 is 2.14. The molecular weight excluding hydrogens is 741 g/mol. The van der Waals surface area contributed by atoms with Gasteiger partial charge in [-0.05, 0) is 67.5 Å². The fourth-order valence-corrected chi connectivity index (χ4v) is 9.14. The molecule has 0 bridgehead atoms. The average molecular weight is 777 g/mol. The Labute approximate surface area is 352 Å². The number of hydrogen-bond donors (Lipinski definition) is 0. The number of aromatic nitrogens is 4. The number of benzene rings is 9. The van der Waals surface area contributed by atoms with Gasteiger partial charge in [-0.15, -0.1) is 0 Å². The van der Waals surface area contributed by atoms with Gasteiger partial charge in [-0.2, -0.15) is 5.10 Å². The molecule has 0 aliphatic rings. The maximum absolute atomic E-state index is 5.45. The van der Waals surface area contributed by atoms with Crippen molar-refractivity contribution >= 4 is 48.6 Å². The largest absolute Gasteiger partial charge is 0.231 e. The summed E-state index contributed by atoms with van der Waals surface area (Å²) in [5.41, 5.74) is 12.1. The molecule has 0 spiro atoms. The molecule has 3 heterocycles. The molecule has 0 saturated carbocycles. The molecule has 0 amide bonds. The van der Waals surface area contributed by atoms with Crippen LogP contribution in [0.5, 0.6) is 0 Å². The van der Waals surface area contributed by atoms with Crippen LogP contribution in [-0.4, -0.2) is 19.6 Å². The third-order valence-corrected chi connectivity index (χ3v) is 12.0. The van der Waals surface area contributed by atoms with Crippen molar-refractivity contribution in [1.29, 1.82) is 0 Å². The van der Waals surface area contributed by atoms with Gasteiger partial charge in [-0.1, -0.05) is 194 Å². The van der Waals surface area contributed by atoms with Crippen molar-refractivity contribution in [3.63, 3.8) is 0 Å². The first-order valence-electron chi connectivity index (χ1n) is 20.7. The quantitative estimate of drug-likeness (QED) is 0.158. The van der Waals surface area contributed by atoms with Crippen LogP contribution in [0, 0.1) is 0 Å². The van der Waals surface area contributed by atoms with E-state index in [1.54, 1.807) is 0 Å². The number of hydrogen-bond acceptors (Lipinski definition) is 3. The lowest BCUT2D eigenvalue weighted by atomic mass is 9.93. The molecule has 0 radical (unpaired) electrons. The van der Waals surface area contributed by atoms with E-state index in [2.05, 4.69) is 217 Å². The van der Waals surface area contributed by atoms with Crippen LogP contribution in [-0.2, 0) is 0 Å². The fourth-order valence-electron chi connectivity index (χ4n) is 9.14. The van der Waals surface area contributed by atoms with Gasteiger partial charge in [0, 0.05) is 38.8 Å². The van der Waals surface area contributed by atoms with Gasteiger partial charge in [0.15, 0.2) is 5.82 Å². The predicted octanol–water partition coefficient (Wildman–Crippen LogP) is 14.7. The minimum Gasteiger partial charge on any atom is -0.231 e. The molecule has 0 fully saturated rings. The zero-order valence-corrected chi connectivity index (χ0v) is 33.1. The average Bonchev–Trinajstić information content (AvgIpc) is 3.76. The molecule has 4 heteroatoms. The summed E-state index contributed by atoms with van der Waals surface area (Å²) in [6.07, 6.45) is 0. The highest BCUT2D eigenvalue weighted by atomic mass is 15.2. The van der Waals surface area contributed by atoms with Crippen LogP contribution in [0.3, 0.4) is 0 Å². The van der Waals surface area contributed by atoms with E-state index in [0.29, 0.717) is 5.82 Å². The van der Waals surface area contributed by atoms with E-state index in [1.807, 2.05) is 6.07 Å². The Bertz CT molecular complexity index is 3600. The SMILES string of the molecule is c1ccc(-c2cc(-c3cccc(-c4c(-c5ccccc5)nn5c(-c6ccccc6)cc6ccccc6c45)c3)nc(-c3ccc4c5ccccc5c5ccccc5c4c3)n2)cc1. The van der Waals surface area contributed by atoms with E-state index < -0.39 is 0 Å². The zero-order chi connectivity index (χ0) is 40.3. The smallest absolute Gasteiger partial charge is 0.160 e. The van der Waals surface area contributed by atoms with E-state index in [1.165, 1.54) is 32.3 Å². The molecule has 0 saturated heterocycles. The van der Waals surface area contributed by atoms with Crippen LogP contribution in [0.2, 0.25) is 0 Å². The number of nitrogens with zero attached hydrogens (tertiary/aromatic N) is 4. The lowest BCUT2D eigenvalue weighted by Crippen LogP contribution is -1.96. The Morgan fingerprint density at radius 1 is 0.311 bits per heavy atom. The van der Waals surface area contributed by atoms with Gasteiger partial charge in [0.2, 0.25) is 0 Å². The van der Waals surface area contributed by atoms with Gasteiger partial charge in [-0.25, -0.2) is 14.5 Å². The Morgan fingerprint density at radius 3 is 1.49 bits per heavy atom. The first kappa shape index (κ1) is 34.8. The molecular formula is C57H36N4. The fraction of sp³-hybridized carbons (Fsp3) is 0. The van der Waals surface area contributed by atoms with Crippen LogP contribution in [0.4, 0.5) is 0 Å². The van der Waals surface area contributed by atoms with Crippen molar-refractivity contribution in [2.24, 2.45) is 0 Å². The van der Waals surface area contributed by atoms with Crippen molar-refractivity contribution in [2.45, 2.75) is 0 Å². The summed E-state index contributed by atoms with van der Waals surface area (Å²) in [6.45, 7) is 0. The predicted molar refractivity (Wildman–Crippen MR) is 253 cm³/mol. The maximum atomic E-state index is 5.45. The molecule has 12 aromatic rings. The lowest BCUT2D eigenvalue weighted by Gasteiger charge is -2.13. The second-order valence-electron chi connectivity index (χ2n) is 15.6. The van der Waals surface area contributed by atoms with E-state index in [4.69, 9.17) is 15.1 Å². The second-order valence-corrected chi connectivity index (χ2v) is 15.6. The Kier molecular flexibility index (Phi) is 8.13. The van der Waals surface area contributed by atoms with Gasteiger partial charge >= 0.3 is 0 Å². The zero-order valence-electron chi connectivity index (χ0n) is 33.1. The standard InChI is InChI=1S/C57H36N4/c1-4-17-37(18-5-1)51-36-52(59-57(58-51)43-31-32-49-47-29-13-12-27-45(47)46-28-14-15-30-48(46)50(49)34-43)41-24-16-25-42(33-41)54-55(39-21-8-3-9-22-39)60-61-53(38-19-6-2-7-20-38)35-40-23-10-11-26-44(40)56(54)61/h1-36H. The summed E-state index contributed by atoms with van der Waals surface area (Å²) in [5, 5.41) is 15.1. The van der Waals surface area contributed by atoms with Crippen LogP contribution in [0.15, 0.2) is 218 Å². The van der Waals surface area contributed by atoms with Gasteiger partial charge in [-0.3, -0.25) is 0 Å². The molecule has 61 heavy (non-hydrogen) atoms. The molecule has 0 N–H and O–H groups in total. The molecule has 4 nitrogen and oxygen atoms in total. The molecule has 284 valence electrons. The molecule has 12 rings (SSSR count). The summed E-state index contributed by atoms with van der Waals surface area (Å²) in [6, 6.07) is 77.3. The topological polar surface area (TPSA) is 43.1 Å². The van der Waals surface area contributed by atoms with Gasteiger partial charge in [0.25, 0.3) is 0 Å². The highest BCUT2D eigenvalue weighted by Crippen LogP contribution is 2.43. The molecule has 0 aliphatic carbocycles. The van der Waals surface area contributed by atoms with Gasteiger partial charge in [0.05, 0.1) is 22.6 Å². The summed E-state index contributed by atoms with van der Waals surface area (Å²) in [4.78, 5) is 10.6. The number of fused-ring (bicyclic) bond motifs is 9. The van der Waals surface area contributed by atoms with Crippen LogP contribution in [0.25, 0.3) is 116 Å². The second kappa shape index (κ2) is 14.3. The van der Waals surface area contributed by atoms with E-state index in [9.17, 15) is 0 Å². The van der Waals surface area contributed by atoms with Gasteiger partial charge in [0.1, 0.15) is 5.69 Å². The molecule has 9 aromatic carbocycles. The van der Waals surface area contributed by atoms with Gasteiger partial charge < -0.3 is 0 Å².